The number of unbranched alkanes of at least 4 members (excludes halogenated alkanes) is 1. The minimum absolute atomic E-state index is 0.296. The lowest BCUT2D eigenvalue weighted by Gasteiger charge is -2.29. The predicted octanol–water partition coefficient (Wildman–Crippen LogP) is 0.628. The van der Waals surface area contributed by atoms with Gasteiger partial charge in [-0.1, -0.05) is 25.8 Å². The molecule has 0 aliphatic carbocycles. The Bertz CT molecular complexity index is 648. The first-order valence-electron chi connectivity index (χ1n) is 7.78. The van der Waals surface area contributed by atoms with Crippen LogP contribution in [0.25, 0.3) is 0 Å². The van der Waals surface area contributed by atoms with Crippen molar-refractivity contribution in [2.24, 2.45) is 11.8 Å². The van der Waals surface area contributed by atoms with Gasteiger partial charge in [0.2, 0.25) is 11.8 Å². The van der Waals surface area contributed by atoms with E-state index in [9.17, 15) is 19.5 Å². The standard InChI is InChI=1S/C16H19N3O4/c1-2-3-7-16(15(22)23)11-10(13(20)18-14(11)21)12(19-16)9-6-4-5-8-17-9/h4-6,8,10-12,19H,2-3,7H2,1H3,(H,22,23)(H,18,20,21). The Morgan fingerprint density at radius 2 is 2.13 bits per heavy atom. The van der Waals surface area contributed by atoms with Crippen molar-refractivity contribution in [2.45, 2.75) is 37.8 Å². The Balaban J connectivity index is 2.06. The number of rotatable bonds is 5. The first-order chi connectivity index (χ1) is 11.0. The van der Waals surface area contributed by atoms with E-state index in [0.29, 0.717) is 18.5 Å². The second kappa shape index (κ2) is 5.73. The number of carboxylic acid groups (broad SMARTS) is 1. The summed E-state index contributed by atoms with van der Waals surface area (Å²) in [6, 6.07) is 4.68. The molecule has 122 valence electrons. The van der Waals surface area contributed by atoms with E-state index >= 15 is 0 Å². The third-order valence-electron chi connectivity index (χ3n) is 4.81. The number of pyridine rings is 1. The molecule has 2 fully saturated rings. The van der Waals surface area contributed by atoms with Crippen LogP contribution in [0.4, 0.5) is 0 Å². The Labute approximate surface area is 133 Å². The number of nitrogens with one attached hydrogen (secondary N) is 2. The number of fused-ring (bicyclic) bond motifs is 1. The molecule has 3 heterocycles. The van der Waals surface area contributed by atoms with Crippen molar-refractivity contribution in [3.8, 4) is 0 Å². The first-order valence-corrected chi connectivity index (χ1v) is 7.78. The topological polar surface area (TPSA) is 108 Å². The number of hydrogen-bond donors (Lipinski definition) is 3. The number of imide groups is 1. The minimum Gasteiger partial charge on any atom is -0.480 e. The molecule has 2 amide bonds. The fourth-order valence-corrected chi connectivity index (χ4v) is 3.73. The number of aromatic nitrogens is 1. The van der Waals surface area contributed by atoms with Crippen molar-refractivity contribution in [3.05, 3.63) is 30.1 Å². The second-order valence-corrected chi connectivity index (χ2v) is 6.11. The smallest absolute Gasteiger partial charge is 0.324 e. The quantitative estimate of drug-likeness (QED) is 0.687. The van der Waals surface area contributed by atoms with Crippen molar-refractivity contribution in [3.63, 3.8) is 0 Å². The molecule has 3 N–H and O–H groups in total. The number of amides is 2. The van der Waals surface area contributed by atoms with E-state index < -0.39 is 41.2 Å². The van der Waals surface area contributed by atoms with Gasteiger partial charge in [-0.25, -0.2) is 0 Å². The van der Waals surface area contributed by atoms with Gasteiger partial charge in [0.1, 0.15) is 5.54 Å². The van der Waals surface area contributed by atoms with Gasteiger partial charge in [0.15, 0.2) is 0 Å². The highest BCUT2D eigenvalue weighted by Crippen LogP contribution is 2.47. The zero-order valence-corrected chi connectivity index (χ0v) is 12.8. The van der Waals surface area contributed by atoms with Crippen molar-refractivity contribution in [2.75, 3.05) is 0 Å². The Kier molecular flexibility index (Phi) is 3.89. The van der Waals surface area contributed by atoms with Crippen LogP contribution >= 0.6 is 0 Å². The number of carbonyl (C=O) groups excluding carboxylic acids is 2. The molecule has 7 nitrogen and oxygen atoms in total. The molecule has 7 heteroatoms. The Morgan fingerprint density at radius 3 is 2.74 bits per heavy atom. The summed E-state index contributed by atoms with van der Waals surface area (Å²) in [5.74, 6) is -3.69. The third kappa shape index (κ3) is 2.31. The van der Waals surface area contributed by atoms with E-state index in [0.717, 1.165) is 6.42 Å². The van der Waals surface area contributed by atoms with Gasteiger partial charge in [0.05, 0.1) is 23.6 Å². The molecule has 0 saturated carbocycles. The monoisotopic (exact) mass is 317 g/mol. The molecule has 0 bridgehead atoms. The molecular weight excluding hydrogens is 298 g/mol. The molecule has 2 saturated heterocycles. The number of aliphatic carboxylic acids is 1. The van der Waals surface area contributed by atoms with Gasteiger partial charge >= 0.3 is 5.97 Å². The summed E-state index contributed by atoms with van der Waals surface area (Å²) < 4.78 is 0. The van der Waals surface area contributed by atoms with Crippen molar-refractivity contribution < 1.29 is 19.5 Å². The SMILES string of the molecule is CCCCC1(C(=O)O)NC(c2ccccn2)C2C(=O)NC(=O)C21. The van der Waals surface area contributed by atoms with Crippen LogP contribution in [0, 0.1) is 11.8 Å². The fourth-order valence-electron chi connectivity index (χ4n) is 3.73. The molecule has 0 spiro atoms. The summed E-state index contributed by atoms with van der Waals surface area (Å²) in [5.41, 5.74) is -0.856. The van der Waals surface area contributed by atoms with Crippen LogP contribution in [0.3, 0.4) is 0 Å². The molecule has 1 aromatic rings. The summed E-state index contributed by atoms with van der Waals surface area (Å²) in [6.45, 7) is 1.96. The number of hydrogen-bond acceptors (Lipinski definition) is 5. The molecule has 2 aliphatic rings. The summed E-state index contributed by atoms with van der Waals surface area (Å²) in [5, 5.41) is 15.2. The van der Waals surface area contributed by atoms with Gasteiger partial charge in [0.25, 0.3) is 0 Å². The van der Waals surface area contributed by atoms with Crippen LogP contribution in [0.1, 0.15) is 37.9 Å². The molecule has 2 aliphatic heterocycles. The van der Waals surface area contributed by atoms with E-state index in [1.165, 1.54) is 0 Å². The molecule has 0 radical (unpaired) electrons. The highest BCUT2D eigenvalue weighted by atomic mass is 16.4. The average Bonchev–Trinajstić information content (AvgIpc) is 3.04. The second-order valence-electron chi connectivity index (χ2n) is 6.11. The normalized spacial score (nSPS) is 32.7. The Hall–Kier alpha value is -2.28. The van der Waals surface area contributed by atoms with Crippen molar-refractivity contribution >= 4 is 17.8 Å². The average molecular weight is 317 g/mol. The lowest BCUT2D eigenvalue weighted by atomic mass is 9.77. The van der Waals surface area contributed by atoms with Crippen LogP contribution in [0.15, 0.2) is 24.4 Å². The summed E-state index contributed by atoms with van der Waals surface area (Å²) in [7, 11) is 0. The van der Waals surface area contributed by atoms with Crippen molar-refractivity contribution in [1.29, 1.82) is 0 Å². The summed E-state index contributed by atoms with van der Waals surface area (Å²) in [4.78, 5) is 40.8. The highest BCUT2D eigenvalue weighted by molar-refractivity contribution is 6.09. The zero-order valence-electron chi connectivity index (χ0n) is 12.8. The maximum Gasteiger partial charge on any atom is 0.324 e. The van der Waals surface area contributed by atoms with E-state index in [-0.39, 0.29) is 0 Å². The van der Waals surface area contributed by atoms with Crippen LogP contribution in [0.2, 0.25) is 0 Å². The van der Waals surface area contributed by atoms with Crippen LogP contribution in [-0.2, 0) is 14.4 Å². The van der Waals surface area contributed by atoms with Crippen LogP contribution < -0.4 is 10.6 Å². The molecule has 4 atom stereocenters. The molecular formula is C16H19N3O4. The minimum atomic E-state index is -1.43. The maximum atomic E-state index is 12.3. The lowest BCUT2D eigenvalue weighted by molar-refractivity contribution is -0.149. The molecule has 4 unspecified atom stereocenters. The Morgan fingerprint density at radius 1 is 1.35 bits per heavy atom. The molecule has 1 aromatic heterocycles. The van der Waals surface area contributed by atoms with E-state index in [2.05, 4.69) is 15.6 Å². The van der Waals surface area contributed by atoms with E-state index in [1.807, 2.05) is 6.92 Å². The van der Waals surface area contributed by atoms with Crippen molar-refractivity contribution in [1.82, 2.24) is 15.6 Å². The van der Waals surface area contributed by atoms with Gasteiger partial charge in [-0.2, -0.15) is 0 Å². The van der Waals surface area contributed by atoms with Gasteiger partial charge in [0, 0.05) is 6.20 Å². The molecule has 0 aromatic carbocycles. The molecule has 3 rings (SSSR count). The van der Waals surface area contributed by atoms with Gasteiger partial charge in [-0.3, -0.25) is 30.0 Å². The van der Waals surface area contributed by atoms with Gasteiger partial charge in [-0.05, 0) is 18.6 Å². The number of carboxylic acids is 1. The number of nitrogens with zero attached hydrogens (tertiary/aromatic N) is 1. The predicted molar refractivity (Wildman–Crippen MR) is 80.1 cm³/mol. The van der Waals surface area contributed by atoms with Crippen LogP contribution in [-0.4, -0.2) is 33.4 Å². The van der Waals surface area contributed by atoms with E-state index in [1.54, 1.807) is 24.4 Å². The fraction of sp³-hybridized carbons (Fsp3) is 0.500. The van der Waals surface area contributed by atoms with Gasteiger partial charge in [-0.15, -0.1) is 0 Å². The van der Waals surface area contributed by atoms with E-state index in [4.69, 9.17) is 0 Å². The third-order valence-corrected chi connectivity index (χ3v) is 4.81. The number of carbonyl (C=O) groups is 3. The lowest BCUT2D eigenvalue weighted by Crippen LogP contribution is -2.55. The summed E-state index contributed by atoms with van der Waals surface area (Å²) >= 11 is 0. The summed E-state index contributed by atoms with van der Waals surface area (Å²) in [6.07, 6.45) is 3.34. The maximum absolute atomic E-state index is 12.3. The van der Waals surface area contributed by atoms with Crippen LogP contribution in [0.5, 0.6) is 0 Å². The van der Waals surface area contributed by atoms with Gasteiger partial charge < -0.3 is 5.11 Å². The first kappa shape index (κ1) is 15.6. The largest absolute Gasteiger partial charge is 0.480 e. The highest BCUT2D eigenvalue weighted by Gasteiger charge is 2.66. The zero-order chi connectivity index (χ0) is 16.6. The molecule has 23 heavy (non-hydrogen) atoms.